The van der Waals surface area contributed by atoms with Gasteiger partial charge in [-0.25, -0.2) is 0 Å². The molecule has 0 radical (unpaired) electrons. The summed E-state index contributed by atoms with van der Waals surface area (Å²) < 4.78 is 20.7. The van der Waals surface area contributed by atoms with Gasteiger partial charge in [0.2, 0.25) is 11.2 Å². The number of benzene rings is 2. The van der Waals surface area contributed by atoms with Crippen LogP contribution in [0, 0.1) is 26.2 Å². The van der Waals surface area contributed by atoms with E-state index >= 15 is 0 Å². The van der Waals surface area contributed by atoms with Crippen LogP contribution in [0.3, 0.4) is 0 Å². The molecule has 0 unspecified atom stereocenters. The second-order valence-corrected chi connectivity index (χ2v) is 9.52. The molecule has 0 N–H and O–H groups in total. The van der Waals surface area contributed by atoms with Crippen LogP contribution in [0.1, 0.15) is 69.1 Å². The fourth-order valence-corrected chi connectivity index (χ4v) is 5.81. The maximum atomic E-state index is 9.19. The largest absolute Gasteiger partial charge is 0.213 e. The number of fused-ring (bicyclic) bond motifs is 3. The van der Waals surface area contributed by atoms with Crippen LogP contribution in [-0.4, -0.2) is 0 Å². The van der Waals surface area contributed by atoms with Gasteiger partial charge in [-0.3, -0.25) is 0 Å². The lowest BCUT2D eigenvalue weighted by Gasteiger charge is -2.41. The van der Waals surface area contributed by atoms with Crippen molar-refractivity contribution in [3.05, 3.63) is 64.2 Å². The first kappa shape index (κ1) is 16.6. The van der Waals surface area contributed by atoms with Crippen molar-refractivity contribution in [1.29, 1.82) is 0 Å². The zero-order chi connectivity index (χ0) is 22.0. The van der Waals surface area contributed by atoms with Gasteiger partial charge in [0.25, 0.3) is 0 Å². The number of hydrogen-bond donors (Lipinski definition) is 0. The van der Waals surface area contributed by atoms with Gasteiger partial charge < -0.3 is 0 Å². The van der Waals surface area contributed by atoms with Gasteiger partial charge in [-0.1, -0.05) is 37.0 Å². The monoisotopic (exact) mass is 386 g/mol. The van der Waals surface area contributed by atoms with Crippen molar-refractivity contribution < 1.29 is 7.31 Å². The number of hydrogen-bond acceptors (Lipinski definition) is 0. The highest BCUT2D eigenvalue weighted by molar-refractivity contribution is 5.83. The van der Waals surface area contributed by atoms with Crippen molar-refractivity contribution in [2.45, 2.75) is 72.1 Å². The first-order valence-electron chi connectivity index (χ1n) is 12.3. The number of aryl methyl sites for hydroxylation is 4. The molecule has 1 aromatic heterocycles. The first-order valence-corrected chi connectivity index (χ1v) is 11.3. The van der Waals surface area contributed by atoms with E-state index in [1.807, 2.05) is 0 Å². The Bertz CT molecular complexity index is 1190. The topological polar surface area (TPSA) is 3.88 Å². The van der Waals surface area contributed by atoms with Crippen molar-refractivity contribution in [3.63, 3.8) is 0 Å². The lowest BCUT2D eigenvalue weighted by molar-refractivity contribution is -0.633. The van der Waals surface area contributed by atoms with Gasteiger partial charge in [-0.15, -0.1) is 0 Å². The summed E-state index contributed by atoms with van der Waals surface area (Å²) in [4.78, 5) is 0. The molecule has 1 spiro atoms. The van der Waals surface area contributed by atoms with E-state index in [-0.39, 0.29) is 5.41 Å². The van der Waals surface area contributed by atoms with E-state index in [2.05, 4.69) is 68.8 Å². The van der Waals surface area contributed by atoms with Crippen LogP contribution in [0.5, 0.6) is 0 Å². The van der Waals surface area contributed by atoms with Gasteiger partial charge in [0.15, 0.2) is 0 Å². The molecule has 2 aliphatic carbocycles. The molecule has 29 heavy (non-hydrogen) atoms. The maximum Gasteiger partial charge on any atom is 0.213 e. The van der Waals surface area contributed by atoms with Crippen LogP contribution < -0.4 is 4.57 Å². The average Bonchev–Trinajstić information content (AvgIpc) is 2.75. The average molecular weight is 387 g/mol. The highest BCUT2D eigenvalue weighted by Gasteiger charge is 2.36. The van der Waals surface area contributed by atoms with E-state index in [9.17, 15) is 2.74 Å². The van der Waals surface area contributed by atoms with E-state index in [1.165, 1.54) is 63.7 Å². The molecular formula is C28H34N+. The summed E-state index contributed by atoms with van der Waals surface area (Å²) in [7, 11) is 2.15. The van der Waals surface area contributed by atoms with Crippen LogP contribution >= 0.6 is 0 Å². The Morgan fingerprint density at radius 1 is 0.931 bits per heavy atom. The molecule has 1 nitrogen and oxygen atoms in total. The molecular weight excluding hydrogens is 350 g/mol. The third-order valence-corrected chi connectivity index (χ3v) is 7.62. The summed E-state index contributed by atoms with van der Waals surface area (Å²) in [5, 5.41) is 1.22. The van der Waals surface area contributed by atoms with Gasteiger partial charge in [0, 0.05) is 25.8 Å². The SMILES string of the molecule is [2H]C1([2H])c2ccc3c(ccc(-c4cc(C)cc(C)c4C)[n+]3C)c2CCC12CCCCC2. The summed E-state index contributed by atoms with van der Waals surface area (Å²) in [6.45, 7) is 6.56. The Balaban J connectivity index is 1.68. The van der Waals surface area contributed by atoms with Gasteiger partial charge in [0.1, 0.15) is 7.05 Å². The summed E-state index contributed by atoms with van der Waals surface area (Å²) in [5.41, 5.74) is 9.67. The van der Waals surface area contributed by atoms with E-state index < -0.39 is 6.37 Å². The van der Waals surface area contributed by atoms with Crippen molar-refractivity contribution >= 4 is 10.9 Å². The van der Waals surface area contributed by atoms with Crippen molar-refractivity contribution in [3.8, 4) is 11.3 Å². The Morgan fingerprint density at radius 3 is 2.52 bits per heavy atom. The van der Waals surface area contributed by atoms with Gasteiger partial charge >= 0.3 is 0 Å². The first-order chi connectivity index (χ1) is 14.7. The van der Waals surface area contributed by atoms with Crippen LogP contribution in [0.15, 0.2) is 36.4 Å². The third-order valence-electron chi connectivity index (χ3n) is 7.62. The molecule has 0 amide bonds. The van der Waals surface area contributed by atoms with Crippen LogP contribution in [0.4, 0.5) is 0 Å². The third kappa shape index (κ3) is 3.10. The Morgan fingerprint density at radius 2 is 1.72 bits per heavy atom. The van der Waals surface area contributed by atoms with Gasteiger partial charge in [0.05, 0.1) is 0 Å². The second kappa shape index (κ2) is 6.97. The van der Waals surface area contributed by atoms with Crippen molar-refractivity contribution in [1.82, 2.24) is 0 Å². The van der Waals surface area contributed by atoms with Crippen molar-refractivity contribution in [2.75, 3.05) is 0 Å². The molecule has 5 rings (SSSR count). The van der Waals surface area contributed by atoms with Gasteiger partial charge in [-0.05, 0) is 92.6 Å². The highest BCUT2D eigenvalue weighted by Crippen LogP contribution is 2.47. The summed E-state index contributed by atoms with van der Waals surface area (Å²) in [6.07, 6.45) is 6.43. The number of nitrogens with zero attached hydrogens (tertiary/aromatic N) is 1. The minimum absolute atomic E-state index is 0.162. The molecule has 3 aromatic rings. The van der Waals surface area contributed by atoms with E-state index in [0.717, 1.165) is 31.2 Å². The summed E-state index contributed by atoms with van der Waals surface area (Å²) in [6, 6.07) is 13.3. The predicted molar refractivity (Wildman–Crippen MR) is 122 cm³/mol. The molecule has 1 fully saturated rings. The molecule has 1 saturated carbocycles. The van der Waals surface area contributed by atoms with E-state index in [0.29, 0.717) is 0 Å². The second-order valence-electron chi connectivity index (χ2n) is 9.52. The molecule has 2 aromatic carbocycles. The minimum Gasteiger partial charge on any atom is -0.194 e. The van der Waals surface area contributed by atoms with Gasteiger partial charge in [-0.2, -0.15) is 4.57 Å². The van der Waals surface area contributed by atoms with Crippen LogP contribution in [0.2, 0.25) is 0 Å². The lowest BCUT2D eigenvalue weighted by atomic mass is 9.63. The van der Waals surface area contributed by atoms with E-state index in [4.69, 9.17) is 0 Å². The number of rotatable bonds is 1. The van der Waals surface area contributed by atoms with E-state index in [1.54, 1.807) is 0 Å². The smallest absolute Gasteiger partial charge is 0.194 e. The van der Waals surface area contributed by atoms with Crippen molar-refractivity contribution in [2.24, 2.45) is 12.5 Å². The minimum atomic E-state index is -1.24. The highest BCUT2D eigenvalue weighted by atomic mass is 14.9. The quantitative estimate of drug-likeness (QED) is 0.410. The van der Waals surface area contributed by atoms with Crippen LogP contribution in [0.25, 0.3) is 22.2 Å². The summed E-state index contributed by atoms with van der Waals surface area (Å²) in [5.74, 6) is 0. The Hall–Kier alpha value is -2.15. The standard InChI is InChI=1S/C28H34N/c1-19-16-20(2)21(3)25(17-19)27-11-9-24-23-12-15-28(13-6-5-7-14-28)18-22(23)8-10-26(24)29(27)4/h8-11,16-17H,5-7,12-15,18H2,1-4H3/q+1/i18D2. The molecule has 2 aliphatic rings. The number of aromatic nitrogens is 1. The normalized spacial score (nSPS) is 21.0. The zero-order valence-corrected chi connectivity index (χ0v) is 18.4. The predicted octanol–water partition coefficient (Wildman–Crippen LogP) is 6.70. The molecule has 0 atom stereocenters. The van der Waals surface area contributed by atoms with Crippen LogP contribution in [-0.2, 0) is 19.8 Å². The molecule has 0 saturated heterocycles. The molecule has 1 heterocycles. The Labute approximate surface area is 178 Å². The fourth-order valence-electron chi connectivity index (χ4n) is 5.81. The molecule has 0 aliphatic heterocycles. The molecule has 1 heteroatoms. The molecule has 0 bridgehead atoms. The summed E-state index contributed by atoms with van der Waals surface area (Å²) >= 11 is 0. The molecule has 150 valence electrons. The Kier molecular flexibility index (Phi) is 4.00. The fraction of sp³-hybridized carbons (Fsp3) is 0.464. The maximum absolute atomic E-state index is 9.19. The zero-order valence-electron chi connectivity index (χ0n) is 20.4. The lowest BCUT2D eigenvalue weighted by Crippen LogP contribution is -2.34. The number of pyridine rings is 1.